The Labute approximate surface area is 110 Å². The van der Waals surface area contributed by atoms with Crippen LogP contribution in [-0.4, -0.2) is 5.88 Å². The predicted molar refractivity (Wildman–Crippen MR) is 75.8 cm³/mol. The van der Waals surface area contributed by atoms with Crippen LogP contribution in [0.4, 0.5) is 0 Å². The van der Waals surface area contributed by atoms with Gasteiger partial charge in [-0.15, -0.1) is 11.6 Å². The third-order valence-corrected chi connectivity index (χ3v) is 4.44. The number of aryl methyl sites for hydroxylation is 2. The van der Waals surface area contributed by atoms with Crippen LogP contribution in [0.3, 0.4) is 0 Å². The molecule has 0 aromatic heterocycles. The molecule has 0 saturated heterocycles. The van der Waals surface area contributed by atoms with Crippen molar-refractivity contribution < 1.29 is 0 Å². The van der Waals surface area contributed by atoms with Gasteiger partial charge in [-0.1, -0.05) is 55.0 Å². The lowest BCUT2D eigenvalue weighted by Gasteiger charge is -2.21. The van der Waals surface area contributed by atoms with E-state index in [4.69, 9.17) is 11.6 Å². The van der Waals surface area contributed by atoms with Crippen molar-refractivity contribution in [2.75, 3.05) is 5.88 Å². The summed E-state index contributed by atoms with van der Waals surface area (Å²) in [5.41, 5.74) is 4.22. The van der Waals surface area contributed by atoms with E-state index in [1.165, 1.54) is 42.4 Å². The summed E-state index contributed by atoms with van der Waals surface area (Å²) in [6, 6.07) is 6.89. The van der Waals surface area contributed by atoms with Crippen LogP contribution in [0.5, 0.6) is 0 Å². The molecule has 1 aromatic carbocycles. The average Bonchev–Trinajstić information content (AvgIpc) is 2.77. The van der Waals surface area contributed by atoms with Gasteiger partial charge >= 0.3 is 0 Å². The Hall–Kier alpha value is -0.490. The number of rotatable bonds is 4. The standard InChI is InChI=1S/C16H23Cl/c1-12-7-13(2)9-14(8-12)10-16(11-17)15-5-3-4-6-15/h7-9,15-16H,3-6,10-11H2,1-2H3. The zero-order chi connectivity index (χ0) is 12.3. The molecule has 94 valence electrons. The molecule has 1 aliphatic carbocycles. The van der Waals surface area contributed by atoms with E-state index in [1.54, 1.807) is 0 Å². The largest absolute Gasteiger partial charge is 0.126 e. The second-order valence-electron chi connectivity index (χ2n) is 5.66. The molecule has 0 radical (unpaired) electrons. The Morgan fingerprint density at radius 3 is 2.24 bits per heavy atom. The molecular weight excluding hydrogens is 228 g/mol. The highest BCUT2D eigenvalue weighted by Crippen LogP contribution is 2.34. The van der Waals surface area contributed by atoms with Crippen LogP contribution in [0.2, 0.25) is 0 Å². The van der Waals surface area contributed by atoms with E-state index in [-0.39, 0.29) is 0 Å². The minimum absolute atomic E-state index is 0.681. The summed E-state index contributed by atoms with van der Waals surface area (Å²) < 4.78 is 0. The Balaban J connectivity index is 2.06. The lowest BCUT2D eigenvalue weighted by atomic mass is 9.86. The average molecular weight is 251 g/mol. The van der Waals surface area contributed by atoms with Crippen molar-refractivity contribution in [3.63, 3.8) is 0 Å². The number of hydrogen-bond acceptors (Lipinski definition) is 0. The molecule has 0 spiro atoms. The van der Waals surface area contributed by atoms with Gasteiger partial charge in [-0.3, -0.25) is 0 Å². The monoisotopic (exact) mass is 250 g/mol. The Bertz CT molecular complexity index is 344. The topological polar surface area (TPSA) is 0 Å². The maximum Gasteiger partial charge on any atom is 0.0257 e. The third kappa shape index (κ3) is 3.48. The number of halogens is 1. The van der Waals surface area contributed by atoms with Crippen LogP contribution < -0.4 is 0 Å². The predicted octanol–water partition coefficient (Wildman–Crippen LogP) is 4.89. The zero-order valence-corrected chi connectivity index (χ0v) is 11.8. The zero-order valence-electron chi connectivity index (χ0n) is 11.0. The van der Waals surface area contributed by atoms with Crippen LogP contribution in [0, 0.1) is 25.7 Å². The molecule has 1 atom stereocenters. The maximum atomic E-state index is 6.18. The SMILES string of the molecule is Cc1cc(C)cc(CC(CCl)C2CCCC2)c1. The number of alkyl halides is 1. The van der Waals surface area contributed by atoms with Gasteiger partial charge in [-0.05, 0) is 37.7 Å². The molecule has 0 N–H and O–H groups in total. The summed E-state index contributed by atoms with van der Waals surface area (Å²) in [4.78, 5) is 0. The summed E-state index contributed by atoms with van der Waals surface area (Å²) in [5.74, 6) is 2.37. The van der Waals surface area contributed by atoms with Gasteiger partial charge < -0.3 is 0 Å². The Kier molecular flexibility index (Phi) is 4.50. The number of benzene rings is 1. The lowest BCUT2D eigenvalue weighted by molar-refractivity contribution is 0.369. The number of hydrogen-bond donors (Lipinski definition) is 0. The second kappa shape index (κ2) is 5.91. The van der Waals surface area contributed by atoms with Crippen molar-refractivity contribution in [3.05, 3.63) is 34.9 Å². The van der Waals surface area contributed by atoms with Crippen LogP contribution in [0.15, 0.2) is 18.2 Å². The molecule has 0 heterocycles. The molecular formula is C16H23Cl. The van der Waals surface area contributed by atoms with Crippen molar-refractivity contribution in [3.8, 4) is 0 Å². The van der Waals surface area contributed by atoms with Gasteiger partial charge in [0.15, 0.2) is 0 Å². The van der Waals surface area contributed by atoms with E-state index >= 15 is 0 Å². The first-order chi connectivity index (χ1) is 8.19. The fraction of sp³-hybridized carbons (Fsp3) is 0.625. The van der Waals surface area contributed by atoms with Crippen LogP contribution in [0.1, 0.15) is 42.4 Å². The van der Waals surface area contributed by atoms with E-state index < -0.39 is 0 Å². The quantitative estimate of drug-likeness (QED) is 0.668. The summed E-state index contributed by atoms with van der Waals surface area (Å²) in [5, 5.41) is 0. The molecule has 1 unspecified atom stereocenters. The van der Waals surface area contributed by atoms with Crippen molar-refractivity contribution in [2.24, 2.45) is 11.8 Å². The Morgan fingerprint density at radius 1 is 1.12 bits per heavy atom. The summed E-state index contributed by atoms with van der Waals surface area (Å²) in [6.45, 7) is 4.36. The lowest BCUT2D eigenvalue weighted by Crippen LogP contribution is -2.16. The fourth-order valence-corrected chi connectivity index (χ4v) is 3.63. The normalized spacial score (nSPS) is 18.5. The first-order valence-electron chi connectivity index (χ1n) is 6.82. The van der Waals surface area contributed by atoms with Gasteiger partial charge in [0, 0.05) is 5.88 Å². The van der Waals surface area contributed by atoms with Crippen LogP contribution >= 0.6 is 11.6 Å². The minimum Gasteiger partial charge on any atom is -0.126 e. The summed E-state index contributed by atoms with van der Waals surface area (Å²) in [7, 11) is 0. The maximum absolute atomic E-state index is 6.18. The fourth-order valence-electron chi connectivity index (χ4n) is 3.27. The van der Waals surface area contributed by atoms with E-state index in [0.29, 0.717) is 5.92 Å². The van der Waals surface area contributed by atoms with Gasteiger partial charge in [-0.2, -0.15) is 0 Å². The molecule has 0 amide bonds. The first kappa shape index (κ1) is 13.0. The summed E-state index contributed by atoms with van der Waals surface area (Å²) in [6.07, 6.45) is 6.76. The van der Waals surface area contributed by atoms with Crippen molar-refractivity contribution >= 4 is 11.6 Å². The highest BCUT2D eigenvalue weighted by atomic mass is 35.5. The van der Waals surface area contributed by atoms with Crippen molar-refractivity contribution in [2.45, 2.75) is 46.0 Å². The highest BCUT2D eigenvalue weighted by molar-refractivity contribution is 6.18. The molecule has 1 aliphatic rings. The van der Waals surface area contributed by atoms with E-state index in [1.807, 2.05) is 0 Å². The highest BCUT2D eigenvalue weighted by Gasteiger charge is 2.24. The molecule has 1 heteroatoms. The first-order valence-corrected chi connectivity index (χ1v) is 7.35. The molecule has 1 fully saturated rings. The molecule has 1 saturated carbocycles. The smallest absolute Gasteiger partial charge is 0.0257 e. The second-order valence-corrected chi connectivity index (χ2v) is 5.97. The van der Waals surface area contributed by atoms with E-state index in [9.17, 15) is 0 Å². The summed E-state index contributed by atoms with van der Waals surface area (Å²) >= 11 is 6.18. The third-order valence-electron chi connectivity index (χ3n) is 4.04. The van der Waals surface area contributed by atoms with Gasteiger partial charge in [0.25, 0.3) is 0 Å². The van der Waals surface area contributed by atoms with E-state index in [2.05, 4.69) is 32.0 Å². The molecule has 2 rings (SSSR count). The van der Waals surface area contributed by atoms with Crippen LogP contribution in [0.25, 0.3) is 0 Å². The molecule has 1 aromatic rings. The molecule has 0 nitrogen and oxygen atoms in total. The molecule has 0 aliphatic heterocycles. The van der Waals surface area contributed by atoms with Crippen molar-refractivity contribution in [1.29, 1.82) is 0 Å². The van der Waals surface area contributed by atoms with Gasteiger partial charge in [-0.25, -0.2) is 0 Å². The Morgan fingerprint density at radius 2 is 1.71 bits per heavy atom. The van der Waals surface area contributed by atoms with E-state index in [0.717, 1.165) is 18.2 Å². The van der Waals surface area contributed by atoms with Crippen molar-refractivity contribution in [1.82, 2.24) is 0 Å². The van der Waals surface area contributed by atoms with Gasteiger partial charge in [0.2, 0.25) is 0 Å². The minimum atomic E-state index is 0.681. The van der Waals surface area contributed by atoms with Gasteiger partial charge in [0.05, 0.1) is 0 Å². The molecule has 0 bridgehead atoms. The molecule has 17 heavy (non-hydrogen) atoms. The van der Waals surface area contributed by atoms with Gasteiger partial charge in [0.1, 0.15) is 0 Å². The van der Waals surface area contributed by atoms with Crippen LogP contribution in [-0.2, 0) is 6.42 Å².